The van der Waals surface area contributed by atoms with Gasteiger partial charge in [0.15, 0.2) is 6.17 Å². The fourth-order valence-corrected chi connectivity index (χ4v) is 3.32. The first-order valence-corrected chi connectivity index (χ1v) is 8.03. The van der Waals surface area contributed by atoms with Gasteiger partial charge >= 0.3 is 6.18 Å². The second-order valence-corrected chi connectivity index (χ2v) is 6.41. The number of hydrazine groups is 1. The van der Waals surface area contributed by atoms with Crippen LogP contribution >= 0.6 is 0 Å². The van der Waals surface area contributed by atoms with Crippen LogP contribution < -0.4 is 5.43 Å². The molecule has 0 aliphatic carbocycles. The number of hydrogen-bond acceptors (Lipinski definition) is 4. The normalized spacial score (nSPS) is 20.4. The summed E-state index contributed by atoms with van der Waals surface area (Å²) < 4.78 is 67.5. The summed E-state index contributed by atoms with van der Waals surface area (Å²) in [5.41, 5.74) is 2.97. The molecule has 0 bridgehead atoms. The Bertz CT molecular complexity index is 1010. The lowest BCUT2D eigenvalue weighted by Crippen LogP contribution is -2.44. The van der Waals surface area contributed by atoms with E-state index in [1.807, 2.05) is 0 Å². The molecule has 2 aliphatic rings. The lowest BCUT2D eigenvalue weighted by atomic mass is 9.96. The Morgan fingerprint density at radius 1 is 1.19 bits per heavy atom. The number of aromatic nitrogens is 2. The Balaban J connectivity index is 1.96. The maximum Gasteiger partial charge on any atom is 0.418 e. The summed E-state index contributed by atoms with van der Waals surface area (Å²) in [7, 11) is 0. The van der Waals surface area contributed by atoms with Crippen LogP contribution in [-0.2, 0) is 0 Å². The molecule has 0 saturated carbocycles. The molecule has 0 saturated heterocycles. The molecule has 142 valence electrons. The number of alkyl halides is 5. The van der Waals surface area contributed by atoms with Gasteiger partial charge in [-0.15, -0.1) is 0 Å². The van der Waals surface area contributed by atoms with Gasteiger partial charge in [0, 0.05) is 10.9 Å². The Morgan fingerprint density at radius 2 is 1.93 bits per heavy atom. The van der Waals surface area contributed by atoms with E-state index in [0.717, 1.165) is 11.1 Å². The minimum Gasteiger partial charge on any atom is -0.278 e. The smallest absolute Gasteiger partial charge is 0.278 e. The number of rotatable bonds is 2. The van der Waals surface area contributed by atoms with Crippen molar-refractivity contribution in [3.63, 3.8) is 0 Å². The van der Waals surface area contributed by atoms with Crippen LogP contribution in [0.15, 0.2) is 40.5 Å². The SMILES string of the molecule is CC1=CC(C(F)(F)F)=C(c2cc(C)c3[nH]ncc3c2)N2NC(C(F)F)N=C12. The zero-order chi connectivity index (χ0) is 19.5. The van der Waals surface area contributed by atoms with E-state index in [1.165, 1.54) is 19.2 Å². The quantitative estimate of drug-likeness (QED) is 0.773. The van der Waals surface area contributed by atoms with Gasteiger partial charge in [0.2, 0.25) is 0 Å². The molecular weight excluding hydrogens is 369 g/mol. The predicted octanol–water partition coefficient (Wildman–Crippen LogP) is 3.91. The minimum absolute atomic E-state index is 0.0493. The molecular formula is C17H14F5N5. The molecule has 0 amide bonds. The van der Waals surface area contributed by atoms with Crippen molar-refractivity contribution < 1.29 is 22.0 Å². The monoisotopic (exact) mass is 383 g/mol. The largest absolute Gasteiger partial charge is 0.418 e. The first-order valence-electron chi connectivity index (χ1n) is 8.03. The third-order valence-corrected chi connectivity index (χ3v) is 4.49. The first-order chi connectivity index (χ1) is 12.7. The summed E-state index contributed by atoms with van der Waals surface area (Å²) in [5.74, 6) is 0.0493. The summed E-state index contributed by atoms with van der Waals surface area (Å²) in [6, 6.07) is 3.10. The number of benzene rings is 1. The van der Waals surface area contributed by atoms with Crippen molar-refractivity contribution in [1.82, 2.24) is 20.6 Å². The molecule has 1 unspecified atom stereocenters. The van der Waals surface area contributed by atoms with Crippen LogP contribution in [0.3, 0.4) is 0 Å². The van der Waals surface area contributed by atoms with E-state index in [1.54, 1.807) is 13.0 Å². The van der Waals surface area contributed by atoms with E-state index >= 15 is 0 Å². The van der Waals surface area contributed by atoms with E-state index in [9.17, 15) is 22.0 Å². The van der Waals surface area contributed by atoms with Crippen molar-refractivity contribution >= 4 is 22.4 Å². The Morgan fingerprint density at radius 3 is 2.59 bits per heavy atom. The molecule has 27 heavy (non-hydrogen) atoms. The zero-order valence-corrected chi connectivity index (χ0v) is 14.2. The van der Waals surface area contributed by atoms with Crippen LogP contribution in [0.2, 0.25) is 0 Å². The van der Waals surface area contributed by atoms with E-state index < -0.39 is 24.3 Å². The lowest BCUT2D eigenvalue weighted by Gasteiger charge is -2.31. The maximum atomic E-state index is 13.8. The maximum absolute atomic E-state index is 13.8. The molecule has 2 aliphatic heterocycles. The van der Waals surface area contributed by atoms with Crippen molar-refractivity contribution in [2.24, 2.45) is 4.99 Å². The summed E-state index contributed by atoms with van der Waals surface area (Å²) >= 11 is 0. The van der Waals surface area contributed by atoms with Crippen LogP contribution in [0.25, 0.3) is 16.6 Å². The van der Waals surface area contributed by atoms with Crippen molar-refractivity contribution in [2.45, 2.75) is 32.6 Å². The summed E-state index contributed by atoms with van der Waals surface area (Å²) in [6.45, 7) is 3.14. The average molecular weight is 383 g/mol. The number of H-pyrrole nitrogens is 1. The fraction of sp³-hybridized carbons (Fsp3) is 0.294. The molecule has 2 N–H and O–H groups in total. The number of hydrogen-bond donors (Lipinski definition) is 2. The highest BCUT2D eigenvalue weighted by Crippen LogP contribution is 2.41. The van der Waals surface area contributed by atoms with Gasteiger partial charge in [0.05, 0.1) is 23.0 Å². The molecule has 3 heterocycles. The highest BCUT2D eigenvalue weighted by atomic mass is 19.4. The van der Waals surface area contributed by atoms with Gasteiger partial charge in [-0.1, -0.05) is 0 Å². The van der Waals surface area contributed by atoms with Gasteiger partial charge in [0.25, 0.3) is 6.43 Å². The number of nitrogens with one attached hydrogen (secondary N) is 2. The third kappa shape index (κ3) is 2.80. The van der Waals surface area contributed by atoms with Crippen molar-refractivity contribution in [3.8, 4) is 0 Å². The second kappa shape index (κ2) is 5.88. The number of fused-ring (bicyclic) bond motifs is 2. The Labute approximate surface area is 150 Å². The van der Waals surface area contributed by atoms with Crippen molar-refractivity contribution in [1.29, 1.82) is 0 Å². The Kier molecular flexibility index (Phi) is 3.84. The van der Waals surface area contributed by atoms with E-state index in [-0.39, 0.29) is 22.7 Å². The van der Waals surface area contributed by atoms with Gasteiger partial charge in [-0.2, -0.15) is 23.7 Å². The lowest BCUT2D eigenvalue weighted by molar-refractivity contribution is -0.0885. The predicted molar refractivity (Wildman–Crippen MR) is 89.8 cm³/mol. The summed E-state index contributed by atoms with van der Waals surface area (Å²) in [4.78, 5) is 3.85. The molecule has 0 fully saturated rings. The highest BCUT2D eigenvalue weighted by molar-refractivity contribution is 6.07. The van der Waals surface area contributed by atoms with Gasteiger partial charge in [0.1, 0.15) is 5.84 Å². The highest BCUT2D eigenvalue weighted by Gasteiger charge is 2.44. The number of halogens is 5. The molecule has 1 atom stereocenters. The molecule has 10 heteroatoms. The summed E-state index contributed by atoms with van der Waals surface area (Å²) in [6.07, 6.45) is -6.70. The first kappa shape index (κ1) is 17.7. The van der Waals surface area contributed by atoms with Crippen LogP contribution in [0.5, 0.6) is 0 Å². The standard InChI is InChI=1S/C17H14F5N5/c1-7-3-9(5-10-6-23-25-12(7)10)13-11(17(20,21)22)4-8(2)16-24-15(14(18)19)26-27(13)16/h3-6,14-15,26H,1-2H3,(H,23,25). The van der Waals surface area contributed by atoms with E-state index in [2.05, 4.69) is 20.6 Å². The van der Waals surface area contributed by atoms with Gasteiger partial charge < -0.3 is 0 Å². The number of nitrogens with zero attached hydrogens (tertiary/aromatic N) is 3. The molecule has 0 spiro atoms. The zero-order valence-electron chi connectivity index (χ0n) is 14.2. The molecule has 0 radical (unpaired) electrons. The molecule has 5 nitrogen and oxygen atoms in total. The second-order valence-electron chi connectivity index (χ2n) is 6.41. The molecule has 4 rings (SSSR count). The average Bonchev–Trinajstić information content (AvgIpc) is 3.20. The van der Waals surface area contributed by atoms with Gasteiger partial charge in [-0.25, -0.2) is 13.8 Å². The van der Waals surface area contributed by atoms with Crippen LogP contribution in [-0.4, -0.2) is 39.8 Å². The number of allylic oxidation sites excluding steroid dienone is 2. The van der Waals surface area contributed by atoms with Crippen LogP contribution in [0.1, 0.15) is 18.1 Å². The van der Waals surface area contributed by atoms with Crippen molar-refractivity contribution in [2.75, 3.05) is 0 Å². The summed E-state index contributed by atoms with van der Waals surface area (Å²) in [5, 5.41) is 8.31. The molecule has 1 aromatic carbocycles. The van der Waals surface area contributed by atoms with Crippen LogP contribution in [0.4, 0.5) is 22.0 Å². The molecule has 2 aromatic rings. The van der Waals surface area contributed by atoms with E-state index in [0.29, 0.717) is 16.5 Å². The van der Waals surface area contributed by atoms with Gasteiger partial charge in [-0.05, 0) is 43.2 Å². The number of aliphatic imine (C=N–C) groups is 1. The number of amidine groups is 1. The number of aryl methyl sites for hydroxylation is 1. The van der Waals surface area contributed by atoms with Crippen LogP contribution in [0, 0.1) is 6.92 Å². The van der Waals surface area contributed by atoms with Crippen molar-refractivity contribution in [3.05, 3.63) is 46.7 Å². The van der Waals surface area contributed by atoms with E-state index in [4.69, 9.17) is 0 Å². The fourth-order valence-electron chi connectivity index (χ4n) is 3.32. The third-order valence-electron chi connectivity index (χ3n) is 4.49. The number of aromatic amines is 1. The van der Waals surface area contributed by atoms with Gasteiger partial charge in [-0.3, -0.25) is 10.1 Å². The molecule has 1 aromatic heterocycles. The topological polar surface area (TPSA) is 56.3 Å². The minimum atomic E-state index is -4.67. The Hall–Kier alpha value is -2.75.